The number of benzene rings is 2. The zero-order chi connectivity index (χ0) is 21.9. The maximum atomic E-state index is 13.2. The lowest BCUT2D eigenvalue weighted by atomic mass is 9.89. The first-order chi connectivity index (χ1) is 14.2. The van der Waals surface area contributed by atoms with Gasteiger partial charge in [0.1, 0.15) is 12.1 Å². The van der Waals surface area contributed by atoms with E-state index in [9.17, 15) is 14.4 Å². The number of nitrogens with two attached hydrogens (primary N) is 2. The van der Waals surface area contributed by atoms with Crippen LogP contribution < -0.4 is 11.5 Å². The van der Waals surface area contributed by atoms with Crippen LogP contribution >= 0.6 is 0 Å². The number of nitrogens with zero attached hydrogens (tertiary/aromatic N) is 3. The normalized spacial score (nSPS) is 18.6. The fourth-order valence-corrected chi connectivity index (χ4v) is 3.47. The lowest BCUT2D eigenvalue weighted by Gasteiger charge is -2.32. The molecule has 1 aliphatic rings. The van der Waals surface area contributed by atoms with Crippen molar-refractivity contribution in [3.05, 3.63) is 71.3 Å². The van der Waals surface area contributed by atoms with Crippen LogP contribution in [0.15, 0.2) is 59.6 Å². The molecule has 1 atom stereocenters. The standard InChI is InChI=1S/C21H23N5O4/c1-21(16-9-7-14(8-10-16)11-24-19(22)23)18(29)25(13-17(27)28)20(30)26(21)12-15-5-3-2-4-6-15/h2-10H,11-13H2,1H3,(H,27,28)(H4,22,23,24)/t21-/m1/s1. The van der Waals surface area contributed by atoms with E-state index in [1.54, 1.807) is 31.2 Å². The van der Waals surface area contributed by atoms with Crippen molar-refractivity contribution in [3.8, 4) is 0 Å². The second kappa shape index (κ2) is 8.24. The Morgan fingerprint density at radius 3 is 2.23 bits per heavy atom. The van der Waals surface area contributed by atoms with E-state index < -0.39 is 30.0 Å². The van der Waals surface area contributed by atoms with Crippen LogP contribution in [0.5, 0.6) is 0 Å². The Bertz CT molecular complexity index is 986. The molecule has 2 aromatic carbocycles. The fourth-order valence-electron chi connectivity index (χ4n) is 3.47. The largest absolute Gasteiger partial charge is 0.480 e. The molecule has 9 nitrogen and oxygen atoms in total. The van der Waals surface area contributed by atoms with Gasteiger partial charge in [0.15, 0.2) is 5.96 Å². The maximum absolute atomic E-state index is 13.2. The molecule has 9 heteroatoms. The molecule has 0 saturated carbocycles. The molecular formula is C21H23N5O4. The highest BCUT2D eigenvalue weighted by molar-refractivity contribution is 6.08. The van der Waals surface area contributed by atoms with Gasteiger partial charge in [-0.1, -0.05) is 54.6 Å². The van der Waals surface area contributed by atoms with E-state index in [0.717, 1.165) is 16.0 Å². The van der Waals surface area contributed by atoms with E-state index in [0.29, 0.717) is 5.56 Å². The molecule has 3 rings (SSSR count). The first-order valence-electron chi connectivity index (χ1n) is 9.27. The molecule has 5 N–H and O–H groups in total. The van der Waals surface area contributed by atoms with Gasteiger partial charge in [0.2, 0.25) is 0 Å². The van der Waals surface area contributed by atoms with Gasteiger partial charge in [0, 0.05) is 6.54 Å². The number of carbonyl (C=O) groups is 3. The quantitative estimate of drug-likeness (QED) is 0.357. The molecule has 3 amide bonds. The minimum absolute atomic E-state index is 0.0269. The van der Waals surface area contributed by atoms with Crippen molar-refractivity contribution in [3.63, 3.8) is 0 Å². The second-order valence-electron chi connectivity index (χ2n) is 7.15. The van der Waals surface area contributed by atoms with Crippen LogP contribution in [0.25, 0.3) is 0 Å². The smallest absolute Gasteiger partial charge is 0.328 e. The number of imide groups is 1. The van der Waals surface area contributed by atoms with E-state index in [-0.39, 0.29) is 19.0 Å². The Morgan fingerprint density at radius 2 is 1.67 bits per heavy atom. The van der Waals surface area contributed by atoms with Crippen molar-refractivity contribution >= 4 is 23.9 Å². The van der Waals surface area contributed by atoms with Gasteiger partial charge >= 0.3 is 12.0 Å². The first-order valence-corrected chi connectivity index (χ1v) is 9.27. The van der Waals surface area contributed by atoms with Gasteiger partial charge in [-0.25, -0.2) is 9.79 Å². The highest BCUT2D eigenvalue weighted by atomic mass is 16.4. The topological polar surface area (TPSA) is 142 Å². The van der Waals surface area contributed by atoms with Crippen molar-refractivity contribution in [1.29, 1.82) is 0 Å². The summed E-state index contributed by atoms with van der Waals surface area (Å²) < 4.78 is 0. The minimum atomic E-state index is -1.35. The summed E-state index contributed by atoms with van der Waals surface area (Å²) in [5, 5.41) is 9.17. The van der Waals surface area contributed by atoms with Crippen LogP contribution in [0.1, 0.15) is 23.6 Å². The molecule has 156 valence electrons. The third-order valence-electron chi connectivity index (χ3n) is 5.10. The summed E-state index contributed by atoms with van der Waals surface area (Å²) in [4.78, 5) is 43.6. The summed E-state index contributed by atoms with van der Waals surface area (Å²) in [6.45, 7) is 1.38. The minimum Gasteiger partial charge on any atom is -0.480 e. The Hall–Kier alpha value is -3.88. The van der Waals surface area contributed by atoms with Gasteiger partial charge in [-0.15, -0.1) is 0 Å². The number of carbonyl (C=O) groups excluding carboxylic acids is 2. The Morgan fingerprint density at radius 1 is 1.03 bits per heavy atom. The predicted molar refractivity (Wildman–Crippen MR) is 110 cm³/mol. The number of guanidine groups is 1. The molecule has 1 fully saturated rings. The number of hydrogen-bond acceptors (Lipinski definition) is 4. The van der Waals surface area contributed by atoms with E-state index >= 15 is 0 Å². The van der Waals surface area contributed by atoms with E-state index in [1.165, 1.54) is 4.90 Å². The molecule has 0 aromatic heterocycles. The Kier molecular flexibility index (Phi) is 5.72. The van der Waals surface area contributed by atoms with E-state index in [4.69, 9.17) is 16.6 Å². The fraction of sp³-hybridized carbons (Fsp3) is 0.238. The maximum Gasteiger partial charge on any atom is 0.328 e. The SMILES string of the molecule is C[C@@]1(c2ccc(CN=C(N)N)cc2)C(=O)N(CC(=O)O)C(=O)N1Cc1ccccc1. The number of amides is 3. The van der Waals surface area contributed by atoms with Crippen molar-refractivity contribution in [2.75, 3.05) is 6.54 Å². The third kappa shape index (κ3) is 3.95. The first kappa shape index (κ1) is 20.8. The van der Waals surface area contributed by atoms with Crippen LogP contribution in [-0.4, -0.2) is 45.3 Å². The Balaban J connectivity index is 1.99. The molecule has 0 bridgehead atoms. The monoisotopic (exact) mass is 409 g/mol. The zero-order valence-electron chi connectivity index (χ0n) is 16.5. The summed E-state index contributed by atoms with van der Waals surface area (Å²) in [5.74, 6) is -1.86. The molecule has 30 heavy (non-hydrogen) atoms. The average molecular weight is 409 g/mol. The number of aliphatic carboxylic acids is 1. The number of urea groups is 1. The summed E-state index contributed by atoms with van der Waals surface area (Å²) in [5.41, 5.74) is 11.6. The van der Waals surface area contributed by atoms with Gasteiger partial charge in [0.05, 0.1) is 6.54 Å². The number of carboxylic acid groups (broad SMARTS) is 1. The van der Waals surface area contributed by atoms with E-state index in [2.05, 4.69) is 4.99 Å². The van der Waals surface area contributed by atoms with Crippen LogP contribution in [0.3, 0.4) is 0 Å². The van der Waals surface area contributed by atoms with Crippen molar-refractivity contribution in [2.45, 2.75) is 25.6 Å². The summed E-state index contributed by atoms with van der Waals surface area (Å²) >= 11 is 0. The van der Waals surface area contributed by atoms with Crippen molar-refractivity contribution in [1.82, 2.24) is 9.80 Å². The zero-order valence-corrected chi connectivity index (χ0v) is 16.5. The molecular weight excluding hydrogens is 386 g/mol. The number of carboxylic acids is 1. The van der Waals surface area contributed by atoms with E-state index in [1.807, 2.05) is 30.3 Å². The molecule has 0 spiro atoms. The number of hydrogen-bond donors (Lipinski definition) is 3. The third-order valence-corrected chi connectivity index (χ3v) is 5.10. The molecule has 0 unspecified atom stereocenters. The average Bonchev–Trinajstić information content (AvgIpc) is 2.89. The van der Waals surface area contributed by atoms with Crippen molar-refractivity contribution in [2.24, 2.45) is 16.5 Å². The van der Waals surface area contributed by atoms with Crippen LogP contribution in [-0.2, 0) is 28.2 Å². The van der Waals surface area contributed by atoms with Crippen LogP contribution in [0.4, 0.5) is 4.79 Å². The molecule has 0 radical (unpaired) electrons. The van der Waals surface area contributed by atoms with Gasteiger partial charge in [-0.05, 0) is 23.6 Å². The van der Waals surface area contributed by atoms with Crippen LogP contribution in [0, 0.1) is 0 Å². The number of aliphatic imine (C=N–C) groups is 1. The highest BCUT2D eigenvalue weighted by Crippen LogP contribution is 2.38. The molecule has 1 heterocycles. The van der Waals surface area contributed by atoms with Gasteiger partial charge < -0.3 is 21.5 Å². The van der Waals surface area contributed by atoms with Crippen molar-refractivity contribution < 1.29 is 19.5 Å². The lowest BCUT2D eigenvalue weighted by Crippen LogP contribution is -2.44. The Labute approximate surface area is 173 Å². The molecule has 1 aliphatic heterocycles. The van der Waals surface area contributed by atoms with Crippen LogP contribution in [0.2, 0.25) is 0 Å². The van der Waals surface area contributed by atoms with Gasteiger partial charge in [0.25, 0.3) is 5.91 Å². The molecule has 0 aliphatic carbocycles. The summed E-state index contributed by atoms with van der Waals surface area (Å²) in [7, 11) is 0. The van der Waals surface area contributed by atoms with Gasteiger partial charge in [-0.3, -0.25) is 14.5 Å². The second-order valence-corrected chi connectivity index (χ2v) is 7.15. The summed E-state index contributed by atoms with van der Waals surface area (Å²) in [6, 6.07) is 15.6. The van der Waals surface area contributed by atoms with Gasteiger partial charge in [-0.2, -0.15) is 0 Å². The summed E-state index contributed by atoms with van der Waals surface area (Å²) in [6.07, 6.45) is 0. The molecule has 1 saturated heterocycles. The predicted octanol–water partition coefficient (Wildman–Crippen LogP) is 1.22. The lowest BCUT2D eigenvalue weighted by molar-refractivity contribution is -0.143. The number of rotatable bonds is 7. The molecule has 2 aromatic rings. The highest BCUT2D eigenvalue weighted by Gasteiger charge is 2.55.